The van der Waals surface area contributed by atoms with Gasteiger partial charge in [0.05, 0.1) is 12.2 Å². The third-order valence-electron chi connectivity index (χ3n) is 6.93. The van der Waals surface area contributed by atoms with Gasteiger partial charge >= 0.3 is 0 Å². The summed E-state index contributed by atoms with van der Waals surface area (Å²) in [7, 11) is 0. The van der Waals surface area contributed by atoms with Crippen molar-refractivity contribution in [1.82, 2.24) is 0 Å². The fraction of sp³-hybridized carbons (Fsp3) is 1.00. The van der Waals surface area contributed by atoms with Gasteiger partial charge in [-0.2, -0.15) is 0 Å². The molecule has 3 fully saturated rings. The quantitative estimate of drug-likeness (QED) is 0.240. The van der Waals surface area contributed by atoms with Crippen LogP contribution >= 0.6 is 0 Å². The predicted molar refractivity (Wildman–Crippen MR) is 129 cm³/mol. The Morgan fingerprint density at radius 2 is 1.06 bits per heavy atom. The Morgan fingerprint density at radius 1 is 0.606 bits per heavy atom. The summed E-state index contributed by atoms with van der Waals surface area (Å²) in [6.07, 6.45) is 19.2. The van der Waals surface area contributed by atoms with E-state index >= 15 is 0 Å². The van der Waals surface area contributed by atoms with Crippen LogP contribution in [-0.2, 0) is 28.4 Å². The standard InChI is InChI=1S/C27H50O6/c1-27(2)32-23(15-7-3-5-11-19-28-25-17-9-13-21-30-25)24(33-27)16-8-4-6-12-20-29-26-18-10-14-22-31-26/h23-26H,3-22H2,1-2H3/t23-,24-,25?,26?/m0/s1. The lowest BCUT2D eigenvalue weighted by atomic mass is 10.0. The summed E-state index contributed by atoms with van der Waals surface area (Å²) in [4.78, 5) is 0. The van der Waals surface area contributed by atoms with Gasteiger partial charge in [0, 0.05) is 26.4 Å². The Kier molecular flexibility index (Phi) is 13.0. The molecule has 0 aliphatic carbocycles. The maximum Gasteiger partial charge on any atom is 0.163 e. The zero-order valence-electron chi connectivity index (χ0n) is 21.4. The molecule has 3 aliphatic rings. The summed E-state index contributed by atoms with van der Waals surface area (Å²) in [5.74, 6) is -0.447. The predicted octanol–water partition coefficient (Wildman–Crippen LogP) is 6.49. The first-order valence-electron chi connectivity index (χ1n) is 13.9. The molecule has 0 N–H and O–H groups in total. The van der Waals surface area contributed by atoms with Crippen molar-refractivity contribution in [3.05, 3.63) is 0 Å². The van der Waals surface area contributed by atoms with Crippen LogP contribution in [0.1, 0.15) is 117 Å². The molecule has 6 nitrogen and oxygen atoms in total. The highest BCUT2D eigenvalue weighted by Crippen LogP contribution is 2.33. The molecule has 6 heteroatoms. The lowest BCUT2D eigenvalue weighted by molar-refractivity contribution is -0.163. The van der Waals surface area contributed by atoms with Crippen molar-refractivity contribution in [3.8, 4) is 0 Å². The zero-order chi connectivity index (χ0) is 23.2. The number of unbranched alkanes of at least 4 members (excludes halogenated alkanes) is 6. The minimum atomic E-state index is -0.447. The van der Waals surface area contributed by atoms with Crippen LogP contribution in [0, 0.1) is 0 Å². The highest BCUT2D eigenvalue weighted by atomic mass is 16.8. The summed E-state index contributed by atoms with van der Waals surface area (Å²) < 4.78 is 35.4. The smallest absolute Gasteiger partial charge is 0.163 e. The SMILES string of the molecule is CC1(C)O[C@@H](CCCCCCOC2CCCCO2)[C@H](CCCCCCOC2CCCCO2)O1. The van der Waals surface area contributed by atoms with Gasteiger partial charge in [-0.05, 0) is 78.1 Å². The lowest BCUT2D eigenvalue weighted by Gasteiger charge is -2.22. The largest absolute Gasteiger partial charge is 0.353 e. The average molecular weight is 471 g/mol. The Bertz CT molecular complexity index is 445. The molecule has 3 rings (SSSR count). The molecule has 194 valence electrons. The van der Waals surface area contributed by atoms with E-state index in [1.54, 1.807) is 0 Å². The second-order valence-electron chi connectivity index (χ2n) is 10.5. The third-order valence-corrected chi connectivity index (χ3v) is 6.93. The first-order chi connectivity index (χ1) is 16.1. The number of rotatable bonds is 16. The van der Waals surface area contributed by atoms with Gasteiger partial charge in [0.25, 0.3) is 0 Å². The van der Waals surface area contributed by atoms with E-state index in [0.717, 1.165) is 65.0 Å². The maximum absolute atomic E-state index is 6.23. The van der Waals surface area contributed by atoms with Crippen LogP contribution < -0.4 is 0 Å². The van der Waals surface area contributed by atoms with E-state index in [1.807, 2.05) is 0 Å². The molecular weight excluding hydrogens is 420 g/mol. The molecule has 33 heavy (non-hydrogen) atoms. The molecule has 0 spiro atoms. The van der Waals surface area contributed by atoms with Crippen LogP contribution in [0.3, 0.4) is 0 Å². The Balaban J connectivity index is 1.18. The van der Waals surface area contributed by atoms with E-state index in [1.165, 1.54) is 64.2 Å². The summed E-state index contributed by atoms with van der Waals surface area (Å²) in [6, 6.07) is 0. The fourth-order valence-electron chi connectivity index (χ4n) is 5.12. The number of ether oxygens (including phenoxy) is 6. The van der Waals surface area contributed by atoms with E-state index in [2.05, 4.69) is 13.8 Å². The Labute approximate surface area is 202 Å². The van der Waals surface area contributed by atoms with Crippen molar-refractivity contribution in [2.45, 2.75) is 147 Å². The summed E-state index contributed by atoms with van der Waals surface area (Å²) >= 11 is 0. The van der Waals surface area contributed by atoms with Gasteiger partial charge in [0.15, 0.2) is 18.4 Å². The first kappa shape index (κ1) is 27.3. The van der Waals surface area contributed by atoms with Gasteiger partial charge in [-0.3, -0.25) is 0 Å². The van der Waals surface area contributed by atoms with Gasteiger partial charge < -0.3 is 28.4 Å². The topological polar surface area (TPSA) is 55.4 Å². The molecule has 3 aliphatic heterocycles. The first-order valence-corrected chi connectivity index (χ1v) is 13.9. The van der Waals surface area contributed by atoms with Gasteiger partial charge in [-0.1, -0.05) is 38.5 Å². The summed E-state index contributed by atoms with van der Waals surface area (Å²) in [5, 5.41) is 0. The fourth-order valence-corrected chi connectivity index (χ4v) is 5.12. The lowest BCUT2D eigenvalue weighted by Crippen LogP contribution is -2.23. The highest BCUT2D eigenvalue weighted by Gasteiger charge is 2.40. The van der Waals surface area contributed by atoms with Crippen LogP contribution in [0.5, 0.6) is 0 Å². The molecule has 0 aromatic carbocycles. The minimum Gasteiger partial charge on any atom is -0.353 e. The van der Waals surface area contributed by atoms with Crippen LogP contribution in [0.4, 0.5) is 0 Å². The van der Waals surface area contributed by atoms with E-state index in [-0.39, 0.29) is 24.8 Å². The van der Waals surface area contributed by atoms with Gasteiger partial charge in [0.1, 0.15) is 0 Å². The normalized spacial score (nSPS) is 30.0. The van der Waals surface area contributed by atoms with Crippen LogP contribution in [-0.4, -0.2) is 57.0 Å². The number of hydrogen-bond acceptors (Lipinski definition) is 6. The van der Waals surface area contributed by atoms with Crippen molar-refractivity contribution in [2.24, 2.45) is 0 Å². The molecule has 4 atom stereocenters. The molecule has 0 saturated carbocycles. The summed E-state index contributed by atoms with van der Waals surface area (Å²) in [5.41, 5.74) is 0. The van der Waals surface area contributed by atoms with Gasteiger partial charge in [-0.25, -0.2) is 0 Å². The maximum atomic E-state index is 6.23. The third kappa shape index (κ3) is 11.4. The van der Waals surface area contributed by atoms with Crippen molar-refractivity contribution < 1.29 is 28.4 Å². The van der Waals surface area contributed by atoms with Gasteiger partial charge in [-0.15, -0.1) is 0 Å². The van der Waals surface area contributed by atoms with Crippen molar-refractivity contribution in [2.75, 3.05) is 26.4 Å². The molecule has 0 aromatic heterocycles. The van der Waals surface area contributed by atoms with E-state index < -0.39 is 5.79 Å². The van der Waals surface area contributed by atoms with E-state index in [0.29, 0.717) is 0 Å². The highest BCUT2D eigenvalue weighted by molar-refractivity contribution is 4.81. The average Bonchev–Trinajstić information content (AvgIpc) is 3.12. The van der Waals surface area contributed by atoms with Crippen molar-refractivity contribution >= 4 is 0 Å². The minimum absolute atomic E-state index is 0.0456. The zero-order valence-corrected chi connectivity index (χ0v) is 21.4. The molecule has 0 bridgehead atoms. The Morgan fingerprint density at radius 3 is 1.48 bits per heavy atom. The molecule has 0 amide bonds. The molecule has 3 heterocycles. The molecule has 2 unspecified atom stereocenters. The van der Waals surface area contributed by atoms with Crippen LogP contribution in [0.25, 0.3) is 0 Å². The summed E-state index contributed by atoms with van der Waals surface area (Å²) in [6.45, 7) is 7.46. The molecule has 3 saturated heterocycles. The molecular formula is C27H50O6. The van der Waals surface area contributed by atoms with Crippen LogP contribution in [0.15, 0.2) is 0 Å². The van der Waals surface area contributed by atoms with E-state index in [4.69, 9.17) is 28.4 Å². The Hall–Kier alpha value is -0.240. The molecule has 0 aromatic rings. The van der Waals surface area contributed by atoms with Crippen molar-refractivity contribution in [3.63, 3.8) is 0 Å². The van der Waals surface area contributed by atoms with Crippen molar-refractivity contribution in [1.29, 1.82) is 0 Å². The second-order valence-corrected chi connectivity index (χ2v) is 10.5. The van der Waals surface area contributed by atoms with Crippen LogP contribution in [0.2, 0.25) is 0 Å². The number of hydrogen-bond donors (Lipinski definition) is 0. The monoisotopic (exact) mass is 470 g/mol. The molecule has 0 radical (unpaired) electrons. The van der Waals surface area contributed by atoms with E-state index in [9.17, 15) is 0 Å². The second kappa shape index (κ2) is 15.7. The van der Waals surface area contributed by atoms with Gasteiger partial charge in [0.2, 0.25) is 0 Å².